The van der Waals surface area contributed by atoms with Crippen LogP contribution in [0.1, 0.15) is 5.69 Å². The van der Waals surface area contributed by atoms with Crippen LogP contribution in [0, 0.1) is 0 Å². The average Bonchev–Trinajstić information content (AvgIpc) is 2.96. The van der Waals surface area contributed by atoms with E-state index in [1.54, 1.807) is 23.4 Å². The zero-order chi connectivity index (χ0) is 13.0. The normalized spacial score (nSPS) is 12.5. The van der Waals surface area contributed by atoms with Gasteiger partial charge in [-0.1, -0.05) is 5.21 Å². The van der Waals surface area contributed by atoms with Crippen molar-refractivity contribution in [2.45, 2.75) is 25.6 Å². The van der Waals surface area contributed by atoms with Crippen molar-refractivity contribution in [2.24, 2.45) is 5.73 Å². The molecule has 18 heavy (non-hydrogen) atoms. The molecule has 0 aromatic carbocycles. The first-order valence-electron chi connectivity index (χ1n) is 5.48. The Kier molecular flexibility index (Phi) is 3.68. The van der Waals surface area contributed by atoms with Crippen LogP contribution in [-0.4, -0.2) is 41.7 Å². The molecule has 0 aliphatic carbocycles. The lowest BCUT2D eigenvalue weighted by Crippen LogP contribution is -2.32. The van der Waals surface area contributed by atoms with Gasteiger partial charge in [0.25, 0.3) is 0 Å². The number of hydrogen-bond donors (Lipinski definition) is 2. The fourth-order valence-electron chi connectivity index (χ4n) is 1.49. The molecule has 1 unspecified atom stereocenters. The topological polar surface area (TPSA) is 112 Å². The molecule has 2 rings (SSSR count). The Morgan fingerprint density at radius 2 is 2.33 bits per heavy atom. The molecule has 0 saturated carbocycles. The van der Waals surface area contributed by atoms with E-state index >= 15 is 0 Å². The molecule has 0 amide bonds. The number of carboxylic acids is 1. The Balaban J connectivity index is 1.88. The summed E-state index contributed by atoms with van der Waals surface area (Å²) in [5, 5.41) is 16.5. The maximum absolute atomic E-state index is 10.6. The molecule has 8 nitrogen and oxygen atoms in total. The van der Waals surface area contributed by atoms with Crippen LogP contribution in [0.15, 0.2) is 24.9 Å². The van der Waals surface area contributed by atoms with E-state index in [0.29, 0.717) is 12.2 Å². The number of carbonyl (C=O) groups is 1. The number of carboxylic acid groups (broad SMARTS) is 1. The molecule has 2 aromatic rings. The number of nitrogens with two attached hydrogens (primary N) is 1. The minimum Gasteiger partial charge on any atom is -0.480 e. The smallest absolute Gasteiger partial charge is 0.320 e. The summed E-state index contributed by atoms with van der Waals surface area (Å²) < 4.78 is 3.58. The standard InChI is InChI=1S/C10H14N6O2/c11-9(10(17)18)5-8-6-16(14-13-8)4-3-15-2-1-12-7-15/h1-2,6-7,9H,3-5,11H2,(H,17,18). The fourth-order valence-corrected chi connectivity index (χ4v) is 1.49. The molecule has 2 aromatic heterocycles. The third kappa shape index (κ3) is 3.14. The summed E-state index contributed by atoms with van der Waals surface area (Å²) >= 11 is 0. The second-order valence-electron chi connectivity index (χ2n) is 3.92. The van der Waals surface area contributed by atoms with Gasteiger partial charge in [-0.05, 0) is 0 Å². The Morgan fingerprint density at radius 3 is 3.00 bits per heavy atom. The monoisotopic (exact) mass is 250 g/mol. The number of aromatic nitrogens is 5. The zero-order valence-electron chi connectivity index (χ0n) is 9.68. The quantitative estimate of drug-likeness (QED) is 0.689. The molecule has 0 spiro atoms. The van der Waals surface area contributed by atoms with Crippen molar-refractivity contribution in [1.82, 2.24) is 24.5 Å². The van der Waals surface area contributed by atoms with Crippen LogP contribution in [0.3, 0.4) is 0 Å². The molecular formula is C10H14N6O2. The summed E-state index contributed by atoms with van der Waals surface area (Å²) in [4.78, 5) is 14.5. The highest BCUT2D eigenvalue weighted by molar-refractivity contribution is 5.73. The molecule has 0 fully saturated rings. The summed E-state index contributed by atoms with van der Waals surface area (Å²) in [5.41, 5.74) is 6.00. The Bertz CT molecular complexity index is 506. The van der Waals surface area contributed by atoms with Crippen molar-refractivity contribution in [3.8, 4) is 0 Å². The predicted octanol–water partition coefficient (Wildman–Crippen LogP) is -0.871. The molecule has 2 heterocycles. The SMILES string of the molecule is NC(Cc1cn(CCn2ccnc2)nn1)C(=O)O. The van der Waals surface area contributed by atoms with Crippen molar-refractivity contribution in [2.75, 3.05) is 0 Å². The summed E-state index contributed by atoms with van der Waals surface area (Å²) in [6.45, 7) is 1.37. The molecule has 0 bridgehead atoms. The van der Waals surface area contributed by atoms with E-state index in [1.807, 2.05) is 10.8 Å². The van der Waals surface area contributed by atoms with Gasteiger partial charge in [0.05, 0.1) is 18.6 Å². The zero-order valence-corrected chi connectivity index (χ0v) is 9.68. The Morgan fingerprint density at radius 1 is 1.50 bits per heavy atom. The average molecular weight is 250 g/mol. The summed E-state index contributed by atoms with van der Waals surface area (Å²) in [5.74, 6) is -1.04. The molecule has 0 radical (unpaired) electrons. The third-order valence-electron chi connectivity index (χ3n) is 2.48. The number of hydrogen-bond acceptors (Lipinski definition) is 5. The van der Waals surface area contributed by atoms with E-state index < -0.39 is 12.0 Å². The van der Waals surface area contributed by atoms with E-state index in [9.17, 15) is 4.79 Å². The highest BCUT2D eigenvalue weighted by Gasteiger charge is 2.14. The molecule has 0 saturated heterocycles. The van der Waals surface area contributed by atoms with Crippen LogP contribution < -0.4 is 5.73 Å². The van der Waals surface area contributed by atoms with Gasteiger partial charge in [0.2, 0.25) is 0 Å². The molecule has 96 valence electrons. The third-order valence-corrected chi connectivity index (χ3v) is 2.48. The number of aryl methyl sites for hydroxylation is 2. The van der Waals surface area contributed by atoms with Crippen LogP contribution in [0.25, 0.3) is 0 Å². The Hall–Kier alpha value is -2.22. The van der Waals surface area contributed by atoms with Crippen molar-refractivity contribution < 1.29 is 9.90 Å². The molecule has 1 atom stereocenters. The highest BCUT2D eigenvalue weighted by Crippen LogP contribution is 1.98. The van der Waals surface area contributed by atoms with E-state index in [-0.39, 0.29) is 6.42 Å². The van der Waals surface area contributed by atoms with E-state index in [1.165, 1.54) is 0 Å². The minimum absolute atomic E-state index is 0.181. The second-order valence-corrected chi connectivity index (χ2v) is 3.92. The summed E-state index contributed by atoms with van der Waals surface area (Å²) in [6, 6.07) is -0.941. The molecule has 3 N–H and O–H groups in total. The van der Waals surface area contributed by atoms with Crippen LogP contribution in [0.4, 0.5) is 0 Å². The second kappa shape index (κ2) is 5.41. The summed E-state index contributed by atoms with van der Waals surface area (Å²) in [7, 11) is 0. The van der Waals surface area contributed by atoms with Gasteiger partial charge >= 0.3 is 5.97 Å². The molecular weight excluding hydrogens is 236 g/mol. The first-order valence-corrected chi connectivity index (χ1v) is 5.48. The molecule has 8 heteroatoms. The number of imidazole rings is 1. The van der Waals surface area contributed by atoms with Gasteiger partial charge < -0.3 is 15.4 Å². The first kappa shape index (κ1) is 12.2. The molecule has 0 aliphatic rings. The van der Waals surface area contributed by atoms with Gasteiger partial charge in [0, 0.05) is 31.6 Å². The van der Waals surface area contributed by atoms with Crippen molar-refractivity contribution >= 4 is 5.97 Å². The highest BCUT2D eigenvalue weighted by atomic mass is 16.4. The van der Waals surface area contributed by atoms with Gasteiger partial charge in [-0.15, -0.1) is 5.10 Å². The van der Waals surface area contributed by atoms with Crippen LogP contribution in [-0.2, 0) is 24.3 Å². The van der Waals surface area contributed by atoms with Crippen molar-refractivity contribution in [1.29, 1.82) is 0 Å². The van der Waals surface area contributed by atoms with Gasteiger partial charge in [-0.25, -0.2) is 4.98 Å². The fraction of sp³-hybridized carbons (Fsp3) is 0.400. The van der Waals surface area contributed by atoms with Crippen molar-refractivity contribution in [3.63, 3.8) is 0 Å². The van der Waals surface area contributed by atoms with Gasteiger partial charge in [0.15, 0.2) is 0 Å². The summed E-state index contributed by atoms with van der Waals surface area (Å²) in [6.07, 6.45) is 7.18. The van der Waals surface area contributed by atoms with E-state index in [0.717, 1.165) is 6.54 Å². The maximum atomic E-state index is 10.6. The Labute approximate surface area is 103 Å². The van der Waals surface area contributed by atoms with Crippen LogP contribution in [0.2, 0.25) is 0 Å². The maximum Gasteiger partial charge on any atom is 0.320 e. The number of nitrogens with zero attached hydrogens (tertiary/aromatic N) is 5. The number of aliphatic carboxylic acids is 1. The van der Waals surface area contributed by atoms with E-state index in [2.05, 4.69) is 15.3 Å². The van der Waals surface area contributed by atoms with Crippen molar-refractivity contribution in [3.05, 3.63) is 30.6 Å². The number of rotatable bonds is 6. The first-order chi connectivity index (χ1) is 8.65. The minimum atomic E-state index is -1.04. The van der Waals surface area contributed by atoms with Gasteiger partial charge in [-0.3, -0.25) is 9.48 Å². The van der Waals surface area contributed by atoms with Gasteiger partial charge in [0.1, 0.15) is 6.04 Å². The largest absolute Gasteiger partial charge is 0.480 e. The van der Waals surface area contributed by atoms with Crippen LogP contribution in [0.5, 0.6) is 0 Å². The van der Waals surface area contributed by atoms with Gasteiger partial charge in [-0.2, -0.15) is 0 Å². The lowest BCUT2D eigenvalue weighted by Gasteiger charge is -2.02. The van der Waals surface area contributed by atoms with E-state index in [4.69, 9.17) is 10.8 Å². The predicted molar refractivity (Wildman–Crippen MR) is 61.6 cm³/mol. The van der Waals surface area contributed by atoms with Crippen LogP contribution >= 0.6 is 0 Å². The lowest BCUT2D eigenvalue weighted by molar-refractivity contribution is -0.138. The lowest BCUT2D eigenvalue weighted by atomic mass is 10.2. The molecule has 0 aliphatic heterocycles.